The van der Waals surface area contributed by atoms with Crippen LogP contribution in [-0.4, -0.2) is 50.1 Å². The van der Waals surface area contributed by atoms with E-state index in [0.717, 1.165) is 11.3 Å². The molecule has 2 heterocycles. The molecule has 3 aromatic rings. The number of para-hydroxylation sites is 1. The maximum Gasteiger partial charge on any atom is 0.240 e. The molecule has 0 aliphatic carbocycles. The maximum atomic E-state index is 12.5. The lowest BCUT2D eigenvalue weighted by Gasteiger charge is -2.12. The van der Waals surface area contributed by atoms with Crippen molar-refractivity contribution in [1.29, 1.82) is 0 Å². The van der Waals surface area contributed by atoms with Crippen LogP contribution in [0.25, 0.3) is 5.69 Å². The fourth-order valence-electron chi connectivity index (χ4n) is 3.59. The van der Waals surface area contributed by atoms with Crippen molar-refractivity contribution < 1.29 is 21.6 Å². The number of carbonyl (C=O) groups excluding carboxylic acids is 1. The van der Waals surface area contributed by atoms with E-state index >= 15 is 0 Å². The first-order valence-corrected chi connectivity index (χ1v) is 13.7. The van der Waals surface area contributed by atoms with Crippen LogP contribution in [0.3, 0.4) is 0 Å². The minimum Gasteiger partial charge on any atom is -0.326 e. The highest BCUT2D eigenvalue weighted by Crippen LogP contribution is 2.18. The second kappa shape index (κ2) is 9.46. The Morgan fingerprint density at radius 3 is 2.48 bits per heavy atom. The zero-order chi connectivity index (χ0) is 23.5. The van der Waals surface area contributed by atoms with Crippen LogP contribution in [0, 0.1) is 0 Å². The van der Waals surface area contributed by atoms with E-state index in [-0.39, 0.29) is 35.2 Å². The van der Waals surface area contributed by atoms with Gasteiger partial charge in [0.1, 0.15) is 0 Å². The zero-order valence-corrected chi connectivity index (χ0v) is 19.3. The summed E-state index contributed by atoms with van der Waals surface area (Å²) in [5.41, 5.74) is 2.34. The fourth-order valence-corrected chi connectivity index (χ4v) is 6.63. The Hall–Kier alpha value is -3.02. The summed E-state index contributed by atoms with van der Waals surface area (Å²) in [4.78, 5) is 12.3. The second-order valence-electron chi connectivity index (χ2n) is 7.92. The van der Waals surface area contributed by atoms with Gasteiger partial charge in [-0.2, -0.15) is 5.10 Å². The van der Waals surface area contributed by atoms with E-state index in [0.29, 0.717) is 12.1 Å². The van der Waals surface area contributed by atoms with Gasteiger partial charge in [0.15, 0.2) is 9.84 Å². The number of aryl methyl sites for hydroxylation is 1. The summed E-state index contributed by atoms with van der Waals surface area (Å²) < 4.78 is 52.3. The molecule has 0 bridgehead atoms. The Morgan fingerprint density at radius 1 is 1.09 bits per heavy atom. The number of rotatable bonds is 8. The SMILES string of the molecule is O=C(CCc1cnn(-c2ccccc2)c1)Nc1ccc(S(=O)(=O)N[C@@H]2CCS(=O)(=O)C2)cc1. The minimum atomic E-state index is -3.84. The highest BCUT2D eigenvalue weighted by molar-refractivity contribution is 7.92. The molecule has 0 saturated carbocycles. The Bertz CT molecular complexity index is 1330. The summed E-state index contributed by atoms with van der Waals surface area (Å²) in [6.45, 7) is 0. The molecule has 174 valence electrons. The van der Waals surface area contributed by atoms with Crippen molar-refractivity contribution in [3.63, 3.8) is 0 Å². The first-order chi connectivity index (χ1) is 15.7. The van der Waals surface area contributed by atoms with E-state index in [9.17, 15) is 21.6 Å². The van der Waals surface area contributed by atoms with Crippen LogP contribution in [0.2, 0.25) is 0 Å². The van der Waals surface area contributed by atoms with Gasteiger partial charge < -0.3 is 5.32 Å². The highest BCUT2D eigenvalue weighted by Gasteiger charge is 2.31. The zero-order valence-electron chi connectivity index (χ0n) is 17.7. The van der Waals surface area contributed by atoms with Gasteiger partial charge in [-0.15, -0.1) is 0 Å². The van der Waals surface area contributed by atoms with Crippen LogP contribution >= 0.6 is 0 Å². The molecule has 2 aromatic carbocycles. The summed E-state index contributed by atoms with van der Waals surface area (Å²) in [6.07, 6.45) is 4.63. The van der Waals surface area contributed by atoms with Crippen molar-refractivity contribution in [2.75, 3.05) is 16.8 Å². The molecule has 0 spiro atoms. The van der Waals surface area contributed by atoms with Gasteiger partial charge in [-0.05, 0) is 54.8 Å². The van der Waals surface area contributed by atoms with Crippen LogP contribution in [0.1, 0.15) is 18.4 Å². The summed E-state index contributed by atoms with van der Waals surface area (Å²) in [5, 5.41) is 7.07. The Labute approximate surface area is 192 Å². The normalized spacial score (nSPS) is 17.6. The molecule has 1 aliphatic rings. The van der Waals surface area contributed by atoms with Crippen LogP contribution in [-0.2, 0) is 31.1 Å². The summed E-state index contributed by atoms with van der Waals surface area (Å²) in [6, 6.07) is 14.8. The quantitative estimate of drug-likeness (QED) is 0.499. The first kappa shape index (κ1) is 23.1. The Balaban J connectivity index is 1.30. The van der Waals surface area contributed by atoms with Crippen LogP contribution < -0.4 is 10.0 Å². The van der Waals surface area contributed by atoms with E-state index in [4.69, 9.17) is 0 Å². The number of sulfone groups is 1. The van der Waals surface area contributed by atoms with Crippen molar-refractivity contribution >= 4 is 31.5 Å². The Kier molecular flexibility index (Phi) is 6.63. The summed E-state index contributed by atoms with van der Waals surface area (Å²) in [7, 11) is -7.03. The molecule has 4 rings (SSSR count). The van der Waals surface area contributed by atoms with E-state index in [2.05, 4.69) is 15.1 Å². The van der Waals surface area contributed by atoms with Crippen LogP contribution in [0.5, 0.6) is 0 Å². The molecule has 33 heavy (non-hydrogen) atoms. The van der Waals surface area contributed by atoms with Gasteiger partial charge >= 0.3 is 0 Å². The number of nitrogens with one attached hydrogen (secondary N) is 2. The van der Waals surface area contributed by atoms with Gasteiger partial charge in [-0.1, -0.05) is 18.2 Å². The number of aromatic nitrogens is 2. The third-order valence-electron chi connectivity index (χ3n) is 5.30. The number of nitrogens with zero attached hydrogens (tertiary/aromatic N) is 2. The van der Waals surface area contributed by atoms with E-state index in [1.165, 1.54) is 24.3 Å². The van der Waals surface area contributed by atoms with Crippen molar-refractivity contribution in [1.82, 2.24) is 14.5 Å². The third kappa shape index (κ3) is 6.06. The first-order valence-electron chi connectivity index (χ1n) is 10.4. The van der Waals surface area contributed by atoms with Crippen molar-refractivity contribution in [2.24, 2.45) is 0 Å². The second-order valence-corrected chi connectivity index (χ2v) is 11.9. The van der Waals surface area contributed by atoms with E-state index in [1.807, 2.05) is 36.5 Å². The van der Waals surface area contributed by atoms with E-state index < -0.39 is 25.9 Å². The molecule has 0 radical (unpaired) electrons. The highest BCUT2D eigenvalue weighted by atomic mass is 32.2. The molecule has 0 unspecified atom stereocenters. The van der Waals surface area contributed by atoms with E-state index in [1.54, 1.807) is 10.9 Å². The van der Waals surface area contributed by atoms with Gasteiger partial charge in [-0.3, -0.25) is 4.79 Å². The molecule has 11 heteroatoms. The largest absolute Gasteiger partial charge is 0.326 e. The average Bonchev–Trinajstić information content (AvgIpc) is 3.39. The van der Waals surface area contributed by atoms with Crippen LogP contribution in [0.15, 0.2) is 71.9 Å². The number of anilines is 1. The molecular formula is C22H24N4O5S2. The molecular weight excluding hydrogens is 464 g/mol. The molecule has 1 atom stereocenters. The standard InChI is InChI=1S/C22H24N4O5S2/c27-22(11-6-17-14-23-26(15-17)20-4-2-1-3-5-20)24-18-7-9-21(10-8-18)33(30,31)25-19-12-13-32(28,29)16-19/h1-5,7-10,14-15,19,25H,6,11-13,16H2,(H,24,27)/t19-/m1/s1. The van der Waals surface area contributed by atoms with Gasteiger partial charge in [0, 0.05) is 24.3 Å². The average molecular weight is 489 g/mol. The monoisotopic (exact) mass is 488 g/mol. The topological polar surface area (TPSA) is 127 Å². The number of hydrogen-bond donors (Lipinski definition) is 2. The molecule has 1 aromatic heterocycles. The lowest BCUT2D eigenvalue weighted by Crippen LogP contribution is -2.35. The molecule has 1 amide bonds. The maximum absolute atomic E-state index is 12.5. The lowest BCUT2D eigenvalue weighted by atomic mass is 10.2. The molecule has 9 nitrogen and oxygen atoms in total. The number of hydrogen-bond acceptors (Lipinski definition) is 6. The molecule has 2 N–H and O–H groups in total. The predicted molar refractivity (Wildman–Crippen MR) is 124 cm³/mol. The van der Waals surface area contributed by atoms with Crippen molar-refractivity contribution in [3.05, 3.63) is 72.6 Å². The van der Waals surface area contributed by atoms with Gasteiger partial charge in [0.2, 0.25) is 15.9 Å². The van der Waals surface area contributed by atoms with Gasteiger partial charge in [0.25, 0.3) is 0 Å². The van der Waals surface area contributed by atoms with Crippen molar-refractivity contribution in [3.8, 4) is 5.69 Å². The molecule has 1 aliphatic heterocycles. The molecule has 1 saturated heterocycles. The fraction of sp³-hybridized carbons (Fsp3) is 0.273. The van der Waals surface area contributed by atoms with Crippen molar-refractivity contribution in [2.45, 2.75) is 30.2 Å². The molecule has 1 fully saturated rings. The lowest BCUT2D eigenvalue weighted by molar-refractivity contribution is -0.116. The minimum absolute atomic E-state index is 0.0122. The number of carbonyl (C=O) groups is 1. The summed E-state index contributed by atoms with van der Waals surface area (Å²) in [5.74, 6) is -0.407. The predicted octanol–water partition coefficient (Wildman–Crippen LogP) is 1.91. The third-order valence-corrected chi connectivity index (χ3v) is 8.60. The number of sulfonamides is 1. The Morgan fingerprint density at radius 2 is 1.82 bits per heavy atom. The van der Waals surface area contributed by atoms with Crippen LogP contribution in [0.4, 0.5) is 5.69 Å². The smallest absolute Gasteiger partial charge is 0.240 e. The van der Waals surface area contributed by atoms with Gasteiger partial charge in [0.05, 0.1) is 28.3 Å². The number of benzene rings is 2. The summed E-state index contributed by atoms with van der Waals surface area (Å²) >= 11 is 0. The number of amides is 1. The van der Waals surface area contributed by atoms with Gasteiger partial charge in [-0.25, -0.2) is 26.2 Å².